The summed E-state index contributed by atoms with van der Waals surface area (Å²) in [6.45, 7) is 0.517. The SMILES string of the molecule is COCc1ccccc1C(O)Cc1ccncc1. The van der Waals surface area contributed by atoms with Crippen LogP contribution >= 0.6 is 0 Å². The Kier molecular flexibility index (Phi) is 4.45. The van der Waals surface area contributed by atoms with E-state index in [4.69, 9.17) is 4.74 Å². The summed E-state index contributed by atoms with van der Waals surface area (Å²) in [6.07, 6.45) is 3.55. The first-order valence-corrected chi connectivity index (χ1v) is 5.95. The number of aliphatic hydroxyl groups is 1. The third-order valence-electron chi connectivity index (χ3n) is 2.89. The van der Waals surface area contributed by atoms with Crippen molar-refractivity contribution in [1.29, 1.82) is 0 Å². The molecule has 0 fully saturated rings. The van der Waals surface area contributed by atoms with E-state index in [-0.39, 0.29) is 0 Å². The van der Waals surface area contributed by atoms with Gasteiger partial charge in [-0.05, 0) is 28.8 Å². The van der Waals surface area contributed by atoms with Crippen LogP contribution in [0.1, 0.15) is 22.8 Å². The summed E-state index contributed by atoms with van der Waals surface area (Å²) < 4.78 is 5.15. The Hall–Kier alpha value is -1.71. The second-order valence-electron chi connectivity index (χ2n) is 4.21. The Balaban J connectivity index is 2.16. The zero-order valence-electron chi connectivity index (χ0n) is 10.4. The summed E-state index contributed by atoms with van der Waals surface area (Å²) in [5.41, 5.74) is 3.03. The Bertz CT molecular complexity index is 485. The van der Waals surface area contributed by atoms with Gasteiger partial charge in [0.25, 0.3) is 0 Å². The fraction of sp³-hybridized carbons (Fsp3) is 0.267. The molecule has 0 radical (unpaired) electrons. The van der Waals surface area contributed by atoms with Crippen LogP contribution in [-0.2, 0) is 17.8 Å². The van der Waals surface area contributed by atoms with E-state index in [1.807, 2.05) is 36.4 Å². The highest BCUT2D eigenvalue weighted by atomic mass is 16.5. The van der Waals surface area contributed by atoms with E-state index in [0.29, 0.717) is 13.0 Å². The molecule has 1 heterocycles. The number of hydrogen-bond donors (Lipinski definition) is 1. The summed E-state index contributed by atoms with van der Waals surface area (Å²) in [7, 11) is 1.66. The average Bonchev–Trinajstić information content (AvgIpc) is 2.41. The van der Waals surface area contributed by atoms with E-state index >= 15 is 0 Å². The maximum absolute atomic E-state index is 10.3. The molecule has 18 heavy (non-hydrogen) atoms. The molecule has 0 aliphatic rings. The molecule has 2 rings (SSSR count). The summed E-state index contributed by atoms with van der Waals surface area (Å²) >= 11 is 0. The van der Waals surface area contributed by atoms with Crippen LogP contribution in [0.5, 0.6) is 0 Å². The van der Waals surface area contributed by atoms with Gasteiger partial charge in [0, 0.05) is 25.9 Å². The molecule has 94 valence electrons. The topological polar surface area (TPSA) is 42.4 Å². The fourth-order valence-corrected chi connectivity index (χ4v) is 2.00. The molecule has 0 saturated carbocycles. The molecule has 3 heteroatoms. The van der Waals surface area contributed by atoms with Crippen LogP contribution in [-0.4, -0.2) is 17.2 Å². The molecule has 0 spiro atoms. The number of hydrogen-bond acceptors (Lipinski definition) is 3. The lowest BCUT2D eigenvalue weighted by atomic mass is 9.98. The second kappa shape index (κ2) is 6.28. The average molecular weight is 243 g/mol. The summed E-state index contributed by atoms with van der Waals surface area (Å²) in [5.74, 6) is 0. The van der Waals surface area contributed by atoms with Gasteiger partial charge in [0.15, 0.2) is 0 Å². The molecule has 0 aliphatic carbocycles. The number of pyridine rings is 1. The van der Waals surface area contributed by atoms with Gasteiger partial charge < -0.3 is 9.84 Å². The van der Waals surface area contributed by atoms with Gasteiger partial charge in [0.1, 0.15) is 0 Å². The summed E-state index contributed by atoms with van der Waals surface area (Å²) in [4.78, 5) is 3.97. The van der Waals surface area contributed by atoms with Crippen LogP contribution in [0.15, 0.2) is 48.8 Å². The van der Waals surface area contributed by atoms with Crippen molar-refractivity contribution < 1.29 is 9.84 Å². The van der Waals surface area contributed by atoms with Crippen molar-refractivity contribution >= 4 is 0 Å². The third-order valence-corrected chi connectivity index (χ3v) is 2.89. The lowest BCUT2D eigenvalue weighted by Gasteiger charge is -2.15. The fourth-order valence-electron chi connectivity index (χ4n) is 2.00. The molecule has 0 bridgehead atoms. The molecule has 1 atom stereocenters. The maximum atomic E-state index is 10.3. The first kappa shape index (κ1) is 12.7. The second-order valence-corrected chi connectivity index (χ2v) is 4.21. The Morgan fingerprint density at radius 1 is 1.17 bits per heavy atom. The minimum Gasteiger partial charge on any atom is -0.388 e. The van der Waals surface area contributed by atoms with E-state index in [1.54, 1.807) is 19.5 Å². The zero-order valence-corrected chi connectivity index (χ0v) is 10.4. The molecule has 1 N–H and O–H groups in total. The van der Waals surface area contributed by atoms with E-state index in [1.165, 1.54) is 0 Å². The Morgan fingerprint density at radius 3 is 2.61 bits per heavy atom. The van der Waals surface area contributed by atoms with Crippen LogP contribution in [0, 0.1) is 0 Å². The number of ether oxygens (including phenoxy) is 1. The predicted octanol–water partition coefficient (Wildman–Crippen LogP) is 2.50. The van der Waals surface area contributed by atoms with Crippen molar-refractivity contribution in [2.75, 3.05) is 7.11 Å². The highest BCUT2D eigenvalue weighted by molar-refractivity contribution is 5.30. The number of nitrogens with zero attached hydrogens (tertiary/aromatic N) is 1. The number of rotatable bonds is 5. The molecule has 2 aromatic rings. The predicted molar refractivity (Wildman–Crippen MR) is 70.1 cm³/mol. The van der Waals surface area contributed by atoms with Crippen molar-refractivity contribution in [3.63, 3.8) is 0 Å². The van der Waals surface area contributed by atoms with Crippen LogP contribution in [0.2, 0.25) is 0 Å². The summed E-state index contributed by atoms with van der Waals surface area (Å²) in [5, 5.41) is 10.3. The Morgan fingerprint density at radius 2 is 1.89 bits per heavy atom. The molecular formula is C15H17NO2. The molecule has 0 saturated heterocycles. The lowest BCUT2D eigenvalue weighted by molar-refractivity contribution is 0.161. The molecule has 0 amide bonds. The van der Waals surface area contributed by atoms with Crippen LogP contribution < -0.4 is 0 Å². The van der Waals surface area contributed by atoms with Gasteiger partial charge in [-0.25, -0.2) is 0 Å². The zero-order chi connectivity index (χ0) is 12.8. The van der Waals surface area contributed by atoms with E-state index in [9.17, 15) is 5.11 Å². The molecule has 0 aliphatic heterocycles. The first-order chi connectivity index (χ1) is 8.81. The van der Waals surface area contributed by atoms with E-state index in [0.717, 1.165) is 16.7 Å². The van der Waals surface area contributed by atoms with Crippen molar-refractivity contribution in [2.24, 2.45) is 0 Å². The van der Waals surface area contributed by atoms with Gasteiger partial charge >= 0.3 is 0 Å². The van der Waals surface area contributed by atoms with Crippen molar-refractivity contribution in [3.8, 4) is 0 Å². The third kappa shape index (κ3) is 3.15. The van der Waals surface area contributed by atoms with Crippen molar-refractivity contribution in [3.05, 3.63) is 65.5 Å². The molecule has 1 unspecified atom stereocenters. The largest absolute Gasteiger partial charge is 0.388 e. The number of aromatic nitrogens is 1. The smallest absolute Gasteiger partial charge is 0.0833 e. The van der Waals surface area contributed by atoms with Crippen LogP contribution in [0.25, 0.3) is 0 Å². The lowest BCUT2D eigenvalue weighted by Crippen LogP contribution is -2.06. The maximum Gasteiger partial charge on any atom is 0.0833 e. The van der Waals surface area contributed by atoms with E-state index in [2.05, 4.69) is 4.98 Å². The Labute approximate surface area is 107 Å². The van der Waals surface area contributed by atoms with Gasteiger partial charge in [0.2, 0.25) is 0 Å². The van der Waals surface area contributed by atoms with Crippen LogP contribution in [0.3, 0.4) is 0 Å². The molecular weight excluding hydrogens is 226 g/mol. The van der Waals surface area contributed by atoms with Gasteiger partial charge in [-0.2, -0.15) is 0 Å². The van der Waals surface area contributed by atoms with Gasteiger partial charge in [0.05, 0.1) is 12.7 Å². The highest BCUT2D eigenvalue weighted by Crippen LogP contribution is 2.22. The molecule has 3 nitrogen and oxygen atoms in total. The standard InChI is InChI=1S/C15H17NO2/c1-18-11-13-4-2-3-5-14(13)15(17)10-12-6-8-16-9-7-12/h2-9,15,17H,10-11H2,1H3. The number of aliphatic hydroxyl groups excluding tert-OH is 1. The van der Waals surface area contributed by atoms with Crippen molar-refractivity contribution in [2.45, 2.75) is 19.1 Å². The summed E-state index contributed by atoms with van der Waals surface area (Å²) in [6, 6.07) is 11.7. The highest BCUT2D eigenvalue weighted by Gasteiger charge is 2.12. The van der Waals surface area contributed by atoms with Gasteiger partial charge in [-0.3, -0.25) is 4.98 Å². The first-order valence-electron chi connectivity index (χ1n) is 5.95. The molecule has 1 aromatic carbocycles. The minimum atomic E-state index is -0.515. The number of methoxy groups -OCH3 is 1. The van der Waals surface area contributed by atoms with Gasteiger partial charge in [-0.15, -0.1) is 0 Å². The van der Waals surface area contributed by atoms with Crippen molar-refractivity contribution in [1.82, 2.24) is 4.98 Å². The van der Waals surface area contributed by atoms with Crippen LogP contribution in [0.4, 0.5) is 0 Å². The van der Waals surface area contributed by atoms with Gasteiger partial charge in [-0.1, -0.05) is 24.3 Å². The van der Waals surface area contributed by atoms with E-state index < -0.39 is 6.10 Å². The quantitative estimate of drug-likeness (QED) is 0.877. The monoisotopic (exact) mass is 243 g/mol. The molecule has 1 aromatic heterocycles. The number of benzene rings is 1. The normalized spacial score (nSPS) is 12.3. The minimum absolute atomic E-state index is 0.515.